The van der Waals surface area contributed by atoms with Gasteiger partial charge in [-0.3, -0.25) is 0 Å². The molecule has 1 N–H and O–H groups in total. The Morgan fingerprint density at radius 2 is 1.95 bits per heavy atom. The van der Waals surface area contributed by atoms with E-state index < -0.39 is 0 Å². The molecule has 0 radical (unpaired) electrons. The van der Waals surface area contributed by atoms with Crippen molar-refractivity contribution in [1.82, 2.24) is 0 Å². The highest BCUT2D eigenvalue weighted by molar-refractivity contribution is 5.30. The molecule has 2 aromatic rings. The molecule has 1 saturated heterocycles. The molecule has 0 saturated carbocycles. The zero-order chi connectivity index (χ0) is 14.5. The molecule has 2 unspecified atom stereocenters. The summed E-state index contributed by atoms with van der Waals surface area (Å²) >= 11 is 0. The molecule has 2 atom stereocenters. The number of benzene rings is 2. The van der Waals surface area contributed by atoms with Crippen molar-refractivity contribution in [3.63, 3.8) is 0 Å². The van der Waals surface area contributed by atoms with Gasteiger partial charge in [0.1, 0.15) is 12.4 Å². The molecule has 3 nitrogen and oxygen atoms in total. The lowest BCUT2D eigenvalue weighted by Gasteiger charge is -2.27. The molecule has 3 heteroatoms. The normalized spacial score (nSPS) is 22.0. The van der Waals surface area contributed by atoms with E-state index in [-0.39, 0.29) is 12.2 Å². The number of aliphatic hydroxyl groups is 1. The number of hydrogen-bond donors (Lipinski definition) is 1. The van der Waals surface area contributed by atoms with Gasteiger partial charge in [0.2, 0.25) is 0 Å². The van der Waals surface area contributed by atoms with E-state index in [2.05, 4.69) is 0 Å². The van der Waals surface area contributed by atoms with Crippen LogP contribution >= 0.6 is 0 Å². The van der Waals surface area contributed by atoms with E-state index in [1.807, 2.05) is 54.6 Å². The maximum atomic E-state index is 9.75. The van der Waals surface area contributed by atoms with Crippen LogP contribution in [-0.4, -0.2) is 17.8 Å². The molecule has 1 aliphatic rings. The van der Waals surface area contributed by atoms with Gasteiger partial charge in [0.05, 0.1) is 12.2 Å². The van der Waals surface area contributed by atoms with Gasteiger partial charge in [-0.2, -0.15) is 0 Å². The minimum Gasteiger partial charge on any atom is -0.489 e. The van der Waals surface area contributed by atoms with E-state index in [1.165, 1.54) is 0 Å². The Balaban J connectivity index is 1.65. The Kier molecular flexibility index (Phi) is 4.53. The van der Waals surface area contributed by atoms with Crippen LogP contribution in [0.1, 0.15) is 30.1 Å². The molecule has 0 aromatic heterocycles. The van der Waals surface area contributed by atoms with Crippen LogP contribution in [0.2, 0.25) is 0 Å². The van der Waals surface area contributed by atoms with Crippen LogP contribution in [0.25, 0.3) is 0 Å². The average molecular weight is 284 g/mol. The lowest BCUT2D eigenvalue weighted by atomic mass is 9.99. The van der Waals surface area contributed by atoms with Crippen molar-refractivity contribution < 1.29 is 14.6 Å². The minimum atomic E-state index is -0.266. The first-order chi connectivity index (χ1) is 10.3. The fourth-order valence-corrected chi connectivity index (χ4v) is 2.56. The van der Waals surface area contributed by atoms with Gasteiger partial charge in [0.25, 0.3) is 0 Å². The second-order valence-electron chi connectivity index (χ2n) is 5.38. The van der Waals surface area contributed by atoms with Gasteiger partial charge in [0, 0.05) is 13.0 Å². The van der Waals surface area contributed by atoms with Crippen LogP contribution in [0.5, 0.6) is 5.75 Å². The summed E-state index contributed by atoms with van der Waals surface area (Å²) in [5, 5.41) is 9.75. The number of aliphatic hydroxyl groups excluding tert-OH is 1. The number of ether oxygens (including phenoxy) is 2. The Labute approximate surface area is 125 Å². The van der Waals surface area contributed by atoms with E-state index in [0.29, 0.717) is 19.6 Å². The summed E-state index contributed by atoms with van der Waals surface area (Å²) in [6, 6.07) is 18.1. The second kappa shape index (κ2) is 6.74. The maximum absolute atomic E-state index is 9.75. The molecular formula is C18H20O3. The second-order valence-corrected chi connectivity index (χ2v) is 5.38. The smallest absolute Gasteiger partial charge is 0.120 e. The summed E-state index contributed by atoms with van der Waals surface area (Å²) < 4.78 is 11.6. The van der Waals surface area contributed by atoms with Crippen LogP contribution in [0, 0.1) is 0 Å². The zero-order valence-corrected chi connectivity index (χ0v) is 11.9. The maximum Gasteiger partial charge on any atom is 0.120 e. The summed E-state index contributed by atoms with van der Waals surface area (Å²) in [5.41, 5.74) is 2.21. The predicted octanol–water partition coefficient (Wildman–Crippen LogP) is 3.48. The highest BCUT2D eigenvalue weighted by Gasteiger charge is 2.22. The van der Waals surface area contributed by atoms with Crippen LogP contribution in [-0.2, 0) is 11.3 Å². The van der Waals surface area contributed by atoms with Crippen molar-refractivity contribution in [1.29, 1.82) is 0 Å². The van der Waals surface area contributed by atoms with Gasteiger partial charge in [-0.25, -0.2) is 0 Å². The summed E-state index contributed by atoms with van der Waals surface area (Å²) in [7, 11) is 0. The first kappa shape index (κ1) is 14.1. The summed E-state index contributed by atoms with van der Waals surface area (Å²) in [4.78, 5) is 0. The van der Waals surface area contributed by atoms with E-state index in [0.717, 1.165) is 23.3 Å². The molecule has 1 fully saturated rings. The predicted molar refractivity (Wildman–Crippen MR) is 81.1 cm³/mol. The van der Waals surface area contributed by atoms with Crippen LogP contribution < -0.4 is 4.74 Å². The van der Waals surface area contributed by atoms with Crippen molar-refractivity contribution in [3.8, 4) is 5.75 Å². The molecule has 1 aliphatic heterocycles. The number of rotatable bonds is 4. The van der Waals surface area contributed by atoms with E-state index in [4.69, 9.17) is 9.47 Å². The molecule has 0 amide bonds. The van der Waals surface area contributed by atoms with Gasteiger partial charge < -0.3 is 14.6 Å². The quantitative estimate of drug-likeness (QED) is 0.934. The van der Waals surface area contributed by atoms with Crippen LogP contribution in [0.4, 0.5) is 0 Å². The molecule has 0 aliphatic carbocycles. The molecule has 110 valence electrons. The van der Waals surface area contributed by atoms with Crippen molar-refractivity contribution in [2.45, 2.75) is 31.7 Å². The van der Waals surface area contributed by atoms with Gasteiger partial charge >= 0.3 is 0 Å². The third kappa shape index (κ3) is 3.84. The van der Waals surface area contributed by atoms with E-state index in [1.54, 1.807) is 0 Å². The van der Waals surface area contributed by atoms with Gasteiger partial charge in [-0.05, 0) is 29.7 Å². The fourth-order valence-electron chi connectivity index (χ4n) is 2.56. The third-order valence-corrected chi connectivity index (χ3v) is 3.73. The zero-order valence-electron chi connectivity index (χ0n) is 11.9. The van der Waals surface area contributed by atoms with E-state index >= 15 is 0 Å². The lowest BCUT2D eigenvalue weighted by molar-refractivity contribution is -0.0448. The highest BCUT2D eigenvalue weighted by atomic mass is 16.5. The molecule has 1 heterocycles. The van der Waals surface area contributed by atoms with Gasteiger partial charge in [0.15, 0.2) is 0 Å². The SMILES string of the molecule is OC1CCOC(c2cccc(OCc3ccccc3)c2)C1. The Bertz CT molecular complexity index is 568. The summed E-state index contributed by atoms with van der Waals surface area (Å²) in [5.74, 6) is 0.833. The highest BCUT2D eigenvalue weighted by Crippen LogP contribution is 2.30. The molecule has 0 bridgehead atoms. The van der Waals surface area contributed by atoms with Gasteiger partial charge in [-0.15, -0.1) is 0 Å². The third-order valence-electron chi connectivity index (χ3n) is 3.73. The standard InChI is InChI=1S/C18H20O3/c19-16-9-10-20-18(12-16)15-7-4-8-17(11-15)21-13-14-5-2-1-3-6-14/h1-8,11,16,18-19H,9-10,12-13H2. The Morgan fingerprint density at radius 3 is 2.76 bits per heavy atom. The average Bonchev–Trinajstić information content (AvgIpc) is 2.54. The lowest BCUT2D eigenvalue weighted by Crippen LogP contribution is -2.23. The topological polar surface area (TPSA) is 38.7 Å². The molecule has 3 rings (SSSR count). The Morgan fingerprint density at radius 1 is 1.10 bits per heavy atom. The van der Waals surface area contributed by atoms with Crippen molar-refractivity contribution in [3.05, 3.63) is 65.7 Å². The van der Waals surface area contributed by atoms with Gasteiger partial charge in [-0.1, -0.05) is 42.5 Å². The number of hydrogen-bond acceptors (Lipinski definition) is 3. The monoisotopic (exact) mass is 284 g/mol. The summed E-state index contributed by atoms with van der Waals surface area (Å²) in [6.45, 7) is 1.17. The van der Waals surface area contributed by atoms with E-state index in [9.17, 15) is 5.11 Å². The first-order valence-corrected chi connectivity index (χ1v) is 7.37. The molecule has 0 spiro atoms. The molecular weight excluding hydrogens is 264 g/mol. The first-order valence-electron chi connectivity index (χ1n) is 7.37. The minimum absolute atomic E-state index is 0.0333. The van der Waals surface area contributed by atoms with Crippen LogP contribution in [0.3, 0.4) is 0 Å². The van der Waals surface area contributed by atoms with Crippen LogP contribution in [0.15, 0.2) is 54.6 Å². The molecule has 2 aromatic carbocycles. The van der Waals surface area contributed by atoms with Crippen molar-refractivity contribution in [2.75, 3.05) is 6.61 Å². The Hall–Kier alpha value is -1.84. The largest absolute Gasteiger partial charge is 0.489 e. The van der Waals surface area contributed by atoms with Crippen molar-refractivity contribution in [2.24, 2.45) is 0 Å². The van der Waals surface area contributed by atoms with Crippen molar-refractivity contribution >= 4 is 0 Å². The fraction of sp³-hybridized carbons (Fsp3) is 0.333. The molecule has 21 heavy (non-hydrogen) atoms. The summed E-state index contributed by atoms with van der Waals surface area (Å²) in [6.07, 6.45) is 1.08.